The summed E-state index contributed by atoms with van der Waals surface area (Å²) >= 11 is 0. The maximum Gasteiger partial charge on any atom is 0.161 e. The summed E-state index contributed by atoms with van der Waals surface area (Å²) in [6, 6.07) is 12.4. The lowest BCUT2D eigenvalue weighted by atomic mass is 10.1. The number of aromatic hydroxyl groups is 1. The Hall–Kier alpha value is -2.15. The van der Waals surface area contributed by atoms with Gasteiger partial charge in [0.05, 0.1) is 6.61 Å². The first-order chi connectivity index (χ1) is 13.6. The van der Waals surface area contributed by atoms with E-state index < -0.39 is 0 Å². The number of hydrogen-bond donors (Lipinski definition) is 2. The number of nitrogens with zero attached hydrogens (tertiary/aromatic N) is 2. The van der Waals surface area contributed by atoms with E-state index in [-0.39, 0.29) is 24.2 Å². The molecule has 0 aliphatic carbocycles. The Bertz CT molecular complexity index is 754. The van der Waals surface area contributed by atoms with Crippen molar-refractivity contribution in [3.8, 4) is 11.5 Å². The minimum atomic E-state index is -0.221. The summed E-state index contributed by atoms with van der Waals surface area (Å²) < 4.78 is 18.6. The summed E-state index contributed by atoms with van der Waals surface area (Å²) in [4.78, 5) is 4.73. The molecule has 28 heavy (non-hydrogen) atoms. The smallest absolute Gasteiger partial charge is 0.161 e. The Kier molecular flexibility index (Phi) is 7.25. The van der Waals surface area contributed by atoms with Gasteiger partial charge in [-0.2, -0.15) is 0 Å². The van der Waals surface area contributed by atoms with Crippen molar-refractivity contribution < 1.29 is 19.3 Å². The molecule has 0 radical (unpaired) electrons. The van der Waals surface area contributed by atoms with Crippen LogP contribution >= 0.6 is 0 Å². The standard InChI is InChI=1S/C22H29FN2O3/c1-2-28-22-13-18(5-8-21(22)27)14-24-10-11-25(20(16-24)9-12-26)15-17-3-6-19(23)7-4-17/h3-8,13,20,26-27H,2,9-12,14-16H2,1H3. The van der Waals surface area contributed by atoms with Gasteiger partial charge in [-0.1, -0.05) is 18.2 Å². The molecule has 1 atom stereocenters. The molecule has 152 valence electrons. The van der Waals surface area contributed by atoms with Crippen LogP contribution in [0.1, 0.15) is 24.5 Å². The summed E-state index contributed by atoms with van der Waals surface area (Å²) in [5.74, 6) is 0.454. The topological polar surface area (TPSA) is 56.2 Å². The maximum atomic E-state index is 13.1. The zero-order valence-corrected chi connectivity index (χ0v) is 16.4. The van der Waals surface area contributed by atoms with Crippen molar-refractivity contribution in [2.24, 2.45) is 0 Å². The van der Waals surface area contributed by atoms with E-state index in [2.05, 4.69) is 9.80 Å². The molecule has 0 spiro atoms. The van der Waals surface area contributed by atoms with E-state index in [1.807, 2.05) is 31.2 Å². The molecule has 6 heteroatoms. The lowest BCUT2D eigenvalue weighted by molar-refractivity contribution is 0.0499. The molecule has 1 heterocycles. The van der Waals surface area contributed by atoms with Crippen LogP contribution in [-0.2, 0) is 13.1 Å². The minimum absolute atomic E-state index is 0.145. The molecule has 0 saturated carbocycles. The van der Waals surface area contributed by atoms with Crippen molar-refractivity contribution in [1.82, 2.24) is 9.80 Å². The molecule has 1 aliphatic rings. The van der Waals surface area contributed by atoms with E-state index in [0.29, 0.717) is 18.8 Å². The Morgan fingerprint density at radius 3 is 2.54 bits per heavy atom. The number of halogens is 1. The van der Waals surface area contributed by atoms with Crippen LogP contribution in [0.3, 0.4) is 0 Å². The first kappa shape index (κ1) is 20.6. The first-order valence-electron chi connectivity index (χ1n) is 9.85. The van der Waals surface area contributed by atoms with E-state index >= 15 is 0 Å². The summed E-state index contributed by atoms with van der Waals surface area (Å²) in [6.45, 7) is 6.73. The molecular formula is C22H29FN2O3. The summed E-state index contributed by atoms with van der Waals surface area (Å²) in [7, 11) is 0. The van der Waals surface area contributed by atoms with Crippen LogP contribution in [0.25, 0.3) is 0 Å². The van der Waals surface area contributed by atoms with Gasteiger partial charge in [0.25, 0.3) is 0 Å². The molecule has 0 bridgehead atoms. The molecule has 3 rings (SSSR count). The second-order valence-corrected chi connectivity index (χ2v) is 7.23. The number of phenols is 1. The van der Waals surface area contributed by atoms with Gasteiger partial charge >= 0.3 is 0 Å². The van der Waals surface area contributed by atoms with Gasteiger partial charge in [-0.15, -0.1) is 0 Å². The molecule has 0 amide bonds. The predicted molar refractivity (Wildman–Crippen MR) is 107 cm³/mol. The average Bonchev–Trinajstić information content (AvgIpc) is 2.68. The minimum Gasteiger partial charge on any atom is -0.504 e. The highest BCUT2D eigenvalue weighted by molar-refractivity contribution is 5.41. The van der Waals surface area contributed by atoms with Gasteiger partial charge in [-0.3, -0.25) is 9.80 Å². The van der Waals surface area contributed by atoms with Crippen LogP contribution in [0.2, 0.25) is 0 Å². The van der Waals surface area contributed by atoms with Crippen molar-refractivity contribution >= 4 is 0 Å². The van der Waals surface area contributed by atoms with Crippen LogP contribution in [0.15, 0.2) is 42.5 Å². The first-order valence-corrected chi connectivity index (χ1v) is 9.85. The van der Waals surface area contributed by atoms with Crippen molar-refractivity contribution in [3.05, 3.63) is 59.4 Å². The van der Waals surface area contributed by atoms with Gasteiger partial charge in [0.2, 0.25) is 0 Å². The number of aliphatic hydroxyl groups is 1. The van der Waals surface area contributed by atoms with E-state index in [4.69, 9.17) is 4.74 Å². The molecule has 1 aliphatic heterocycles. The Labute approximate surface area is 166 Å². The number of ether oxygens (including phenoxy) is 1. The van der Waals surface area contributed by atoms with Gasteiger partial charge in [0.1, 0.15) is 5.82 Å². The largest absolute Gasteiger partial charge is 0.504 e. The van der Waals surface area contributed by atoms with Crippen molar-refractivity contribution in [1.29, 1.82) is 0 Å². The molecular weight excluding hydrogens is 359 g/mol. The number of piperazine rings is 1. The van der Waals surface area contributed by atoms with E-state index in [0.717, 1.165) is 43.9 Å². The maximum absolute atomic E-state index is 13.1. The molecule has 2 aromatic rings. The van der Waals surface area contributed by atoms with E-state index in [9.17, 15) is 14.6 Å². The molecule has 0 aromatic heterocycles. The molecule has 2 aromatic carbocycles. The van der Waals surface area contributed by atoms with E-state index in [1.54, 1.807) is 6.07 Å². The second kappa shape index (κ2) is 9.87. The lowest BCUT2D eigenvalue weighted by Gasteiger charge is -2.41. The van der Waals surface area contributed by atoms with Gasteiger partial charge in [0, 0.05) is 45.4 Å². The van der Waals surface area contributed by atoms with Crippen LogP contribution in [-0.4, -0.2) is 58.9 Å². The number of benzene rings is 2. The fourth-order valence-electron chi connectivity index (χ4n) is 3.74. The third kappa shape index (κ3) is 5.44. The number of hydrogen-bond acceptors (Lipinski definition) is 5. The summed E-state index contributed by atoms with van der Waals surface area (Å²) in [6.07, 6.45) is 0.706. The normalized spacial score (nSPS) is 18.3. The zero-order chi connectivity index (χ0) is 19.9. The summed E-state index contributed by atoms with van der Waals surface area (Å²) in [5, 5.41) is 19.4. The van der Waals surface area contributed by atoms with Crippen molar-refractivity contribution in [2.45, 2.75) is 32.5 Å². The fourth-order valence-corrected chi connectivity index (χ4v) is 3.74. The Balaban J connectivity index is 1.63. The van der Waals surface area contributed by atoms with E-state index in [1.165, 1.54) is 12.1 Å². The molecule has 2 N–H and O–H groups in total. The van der Waals surface area contributed by atoms with Crippen LogP contribution in [0, 0.1) is 5.82 Å². The highest BCUT2D eigenvalue weighted by atomic mass is 19.1. The SMILES string of the molecule is CCOc1cc(CN2CCN(Cc3ccc(F)cc3)C(CCO)C2)ccc1O. The van der Waals surface area contributed by atoms with Gasteiger partial charge < -0.3 is 14.9 Å². The fraction of sp³-hybridized carbons (Fsp3) is 0.455. The zero-order valence-electron chi connectivity index (χ0n) is 16.4. The highest BCUT2D eigenvalue weighted by Gasteiger charge is 2.26. The third-order valence-electron chi connectivity index (χ3n) is 5.18. The van der Waals surface area contributed by atoms with Gasteiger partial charge in [-0.25, -0.2) is 4.39 Å². The second-order valence-electron chi connectivity index (χ2n) is 7.23. The van der Waals surface area contributed by atoms with Crippen LogP contribution < -0.4 is 4.74 Å². The molecule has 1 unspecified atom stereocenters. The number of phenolic OH excluding ortho intramolecular Hbond substituents is 1. The molecule has 1 saturated heterocycles. The third-order valence-corrected chi connectivity index (χ3v) is 5.18. The van der Waals surface area contributed by atoms with Crippen molar-refractivity contribution in [2.75, 3.05) is 32.8 Å². The Morgan fingerprint density at radius 1 is 1.07 bits per heavy atom. The van der Waals surface area contributed by atoms with Crippen LogP contribution in [0.5, 0.6) is 11.5 Å². The molecule has 5 nitrogen and oxygen atoms in total. The van der Waals surface area contributed by atoms with Crippen LogP contribution in [0.4, 0.5) is 4.39 Å². The average molecular weight is 388 g/mol. The quantitative estimate of drug-likeness (QED) is 0.728. The molecule has 1 fully saturated rings. The monoisotopic (exact) mass is 388 g/mol. The summed E-state index contributed by atoms with van der Waals surface area (Å²) in [5.41, 5.74) is 2.17. The highest BCUT2D eigenvalue weighted by Crippen LogP contribution is 2.28. The lowest BCUT2D eigenvalue weighted by Crippen LogP contribution is -2.52. The Morgan fingerprint density at radius 2 is 1.82 bits per heavy atom. The predicted octanol–water partition coefficient (Wildman–Crippen LogP) is 3.00. The number of rotatable bonds is 8. The number of aliphatic hydroxyl groups excluding tert-OH is 1. The van der Waals surface area contributed by atoms with Crippen molar-refractivity contribution in [3.63, 3.8) is 0 Å². The van der Waals surface area contributed by atoms with Gasteiger partial charge in [-0.05, 0) is 48.7 Å². The van der Waals surface area contributed by atoms with Gasteiger partial charge in [0.15, 0.2) is 11.5 Å².